The third-order valence-electron chi connectivity index (χ3n) is 3.23. The molecule has 0 spiro atoms. The molecule has 25 heavy (non-hydrogen) atoms. The highest BCUT2D eigenvalue weighted by Crippen LogP contribution is 2.29. The first-order chi connectivity index (χ1) is 11.9. The second-order valence-electron chi connectivity index (χ2n) is 5.03. The van der Waals surface area contributed by atoms with Crippen LogP contribution in [-0.4, -0.2) is 28.2 Å². The van der Waals surface area contributed by atoms with Gasteiger partial charge in [0, 0.05) is 28.6 Å². The molecule has 2 aromatic carbocycles. The molecule has 2 N–H and O–H groups in total. The molecule has 1 amide bonds. The highest BCUT2D eigenvalue weighted by atomic mass is 35.5. The lowest BCUT2D eigenvalue weighted by atomic mass is 10.1. The SMILES string of the molecule is O=C(CSc1cc(Cl)ccc1Cl)NC[C@H](O)c1ccc([N+](=O)[O-])cc1. The Labute approximate surface area is 158 Å². The molecule has 0 heterocycles. The summed E-state index contributed by atoms with van der Waals surface area (Å²) in [6.07, 6.45) is -0.954. The predicted molar refractivity (Wildman–Crippen MR) is 98.3 cm³/mol. The number of aliphatic hydroxyl groups excluding tert-OH is 1. The van der Waals surface area contributed by atoms with E-state index in [1.165, 1.54) is 36.0 Å². The quantitative estimate of drug-likeness (QED) is 0.418. The molecule has 0 unspecified atom stereocenters. The van der Waals surface area contributed by atoms with Gasteiger partial charge in [0.1, 0.15) is 0 Å². The van der Waals surface area contributed by atoms with Gasteiger partial charge in [-0.2, -0.15) is 0 Å². The topological polar surface area (TPSA) is 92.5 Å². The Morgan fingerprint density at radius 1 is 1.24 bits per heavy atom. The van der Waals surface area contributed by atoms with Gasteiger partial charge in [0.05, 0.1) is 21.8 Å². The second kappa shape index (κ2) is 9.05. The number of carbonyl (C=O) groups is 1. The fourth-order valence-corrected chi connectivity index (χ4v) is 3.25. The third-order valence-corrected chi connectivity index (χ3v) is 4.97. The highest BCUT2D eigenvalue weighted by molar-refractivity contribution is 8.00. The van der Waals surface area contributed by atoms with Gasteiger partial charge in [-0.3, -0.25) is 14.9 Å². The maximum Gasteiger partial charge on any atom is 0.269 e. The normalized spacial score (nSPS) is 11.8. The Balaban J connectivity index is 1.82. The van der Waals surface area contributed by atoms with E-state index in [1.807, 2.05) is 0 Å². The van der Waals surface area contributed by atoms with Crippen molar-refractivity contribution in [2.45, 2.75) is 11.0 Å². The van der Waals surface area contributed by atoms with Crippen molar-refractivity contribution in [3.05, 3.63) is 68.2 Å². The maximum absolute atomic E-state index is 11.9. The molecule has 6 nitrogen and oxygen atoms in total. The number of non-ortho nitro benzene ring substituents is 1. The number of nitrogens with one attached hydrogen (secondary N) is 1. The van der Waals surface area contributed by atoms with Gasteiger partial charge < -0.3 is 10.4 Å². The molecule has 9 heteroatoms. The van der Waals surface area contributed by atoms with E-state index < -0.39 is 11.0 Å². The molecule has 0 bridgehead atoms. The smallest absolute Gasteiger partial charge is 0.269 e. The molecule has 0 aliphatic carbocycles. The zero-order chi connectivity index (χ0) is 18.4. The van der Waals surface area contributed by atoms with Gasteiger partial charge in [-0.25, -0.2) is 0 Å². The van der Waals surface area contributed by atoms with Crippen molar-refractivity contribution in [1.82, 2.24) is 5.32 Å². The average Bonchev–Trinajstić information content (AvgIpc) is 2.60. The van der Waals surface area contributed by atoms with Crippen LogP contribution in [-0.2, 0) is 4.79 Å². The van der Waals surface area contributed by atoms with Crippen LogP contribution in [0.4, 0.5) is 5.69 Å². The zero-order valence-corrected chi connectivity index (χ0v) is 15.1. The minimum absolute atomic E-state index is 0.000478. The fraction of sp³-hybridized carbons (Fsp3) is 0.188. The number of benzene rings is 2. The van der Waals surface area contributed by atoms with E-state index in [9.17, 15) is 20.0 Å². The van der Waals surface area contributed by atoms with Gasteiger partial charge >= 0.3 is 0 Å². The van der Waals surface area contributed by atoms with Gasteiger partial charge in [0.25, 0.3) is 5.69 Å². The van der Waals surface area contributed by atoms with E-state index in [0.29, 0.717) is 20.5 Å². The largest absolute Gasteiger partial charge is 0.387 e. The number of amides is 1. The van der Waals surface area contributed by atoms with Gasteiger partial charge in [-0.1, -0.05) is 23.2 Å². The summed E-state index contributed by atoms with van der Waals surface area (Å²) >= 11 is 13.1. The summed E-state index contributed by atoms with van der Waals surface area (Å²) in [4.78, 5) is 22.7. The first-order valence-corrected chi connectivity index (χ1v) is 8.88. The standard InChI is InChI=1S/C16H14Cl2N2O4S/c17-11-3-6-13(18)15(7-11)25-9-16(22)19-8-14(21)10-1-4-12(5-2-10)20(23)24/h1-7,14,21H,8-9H2,(H,19,22)/t14-/m0/s1. The molecule has 132 valence electrons. The number of aliphatic hydroxyl groups is 1. The van der Waals surface area contributed by atoms with Gasteiger partial charge in [0.15, 0.2) is 0 Å². The molecule has 0 aromatic heterocycles. The maximum atomic E-state index is 11.9. The summed E-state index contributed by atoms with van der Waals surface area (Å²) in [5.74, 6) is -0.158. The molecular weight excluding hydrogens is 387 g/mol. The molecule has 0 radical (unpaired) electrons. The summed E-state index contributed by atoms with van der Waals surface area (Å²) in [6.45, 7) is 0.000478. The van der Waals surface area contributed by atoms with Crippen LogP contribution in [0.15, 0.2) is 47.4 Å². The Hall–Kier alpha value is -1.80. The number of nitrogens with zero attached hydrogens (tertiary/aromatic N) is 1. The Morgan fingerprint density at radius 3 is 2.56 bits per heavy atom. The zero-order valence-electron chi connectivity index (χ0n) is 12.8. The van der Waals surface area contributed by atoms with Crippen molar-refractivity contribution >= 4 is 46.6 Å². The minimum Gasteiger partial charge on any atom is -0.387 e. The van der Waals surface area contributed by atoms with Crippen molar-refractivity contribution in [3.63, 3.8) is 0 Å². The molecule has 2 aromatic rings. The Morgan fingerprint density at radius 2 is 1.92 bits per heavy atom. The van der Waals surface area contributed by atoms with Crippen LogP contribution in [0.5, 0.6) is 0 Å². The van der Waals surface area contributed by atoms with E-state index >= 15 is 0 Å². The van der Waals surface area contributed by atoms with E-state index in [1.54, 1.807) is 18.2 Å². The summed E-state index contributed by atoms with van der Waals surface area (Å²) in [6, 6.07) is 10.5. The van der Waals surface area contributed by atoms with Crippen LogP contribution in [0.3, 0.4) is 0 Å². The highest BCUT2D eigenvalue weighted by Gasteiger charge is 2.12. The van der Waals surface area contributed by atoms with Crippen LogP contribution in [0, 0.1) is 10.1 Å². The monoisotopic (exact) mass is 400 g/mol. The number of thioether (sulfide) groups is 1. The fourth-order valence-electron chi connectivity index (χ4n) is 1.93. The van der Waals surface area contributed by atoms with Gasteiger partial charge in [-0.05, 0) is 35.9 Å². The summed E-state index contributed by atoms with van der Waals surface area (Å²) in [7, 11) is 0. The number of carbonyl (C=O) groups excluding carboxylic acids is 1. The van der Waals surface area contributed by atoms with E-state index in [4.69, 9.17) is 23.2 Å². The summed E-state index contributed by atoms with van der Waals surface area (Å²) in [5.41, 5.74) is 0.422. The van der Waals surface area contributed by atoms with Crippen LogP contribution >= 0.6 is 35.0 Å². The van der Waals surface area contributed by atoms with E-state index in [0.717, 1.165) is 0 Å². The molecule has 0 fully saturated rings. The Kier molecular flexibility index (Phi) is 7.07. The van der Waals surface area contributed by atoms with Crippen molar-refractivity contribution in [1.29, 1.82) is 0 Å². The van der Waals surface area contributed by atoms with Gasteiger partial charge in [0.2, 0.25) is 5.91 Å². The van der Waals surface area contributed by atoms with Crippen LogP contribution in [0.25, 0.3) is 0 Å². The van der Waals surface area contributed by atoms with Crippen LogP contribution in [0.1, 0.15) is 11.7 Å². The van der Waals surface area contributed by atoms with Crippen molar-refractivity contribution < 1.29 is 14.8 Å². The lowest BCUT2D eigenvalue weighted by Crippen LogP contribution is -2.29. The van der Waals surface area contributed by atoms with Crippen LogP contribution < -0.4 is 5.32 Å². The minimum atomic E-state index is -0.954. The first kappa shape index (κ1) is 19.5. The van der Waals surface area contributed by atoms with E-state index in [2.05, 4.69) is 5.32 Å². The summed E-state index contributed by atoms with van der Waals surface area (Å²) in [5, 5.41) is 24.3. The third kappa shape index (κ3) is 5.89. The number of halogens is 2. The van der Waals surface area contributed by atoms with Crippen LogP contribution in [0.2, 0.25) is 10.0 Å². The molecule has 0 aliphatic rings. The Bertz CT molecular complexity index is 771. The number of hydrogen-bond donors (Lipinski definition) is 2. The molecular formula is C16H14Cl2N2O4S. The van der Waals surface area contributed by atoms with Gasteiger partial charge in [-0.15, -0.1) is 11.8 Å². The predicted octanol–water partition coefficient (Wildman–Crippen LogP) is 3.84. The number of hydrogen-bond acceptors (Lipinski definition) is 5. The molecule has 0 saturated heterocycles. The number of nitro groups is 1. The lowest BCUT2D eigenvalue weighted by Gasteiger charge is -2.12. The number of rotatable bonds is 7. The van der Waals surface area contributed by atoms with Crippen molar-refractivity contribution in [3.8, 4) is 0 Å². The van der Waals surface area contributed by atoms with E-state index in [-0.39, 0.29) is 23.9 Å². The second-order valence-corrected chi connectivity index (χ2v) is 6.89. The summed E-state index contributed by atoms with van der Waals surface area (Å²) < 4.78 is 0. The molecule has 2 rings (SSSR count). The molecule has 0 aliphatic heterocycles. The lowest BCUT2D eigenvalue weighted by molar-refractivity contribution is -0.384. The first-order valence-electron chi connectivity index (χ1n) is 7.14. The average molecular weight is 401 g/mol. The molecule has 0 saturated carbocycles. The van der Waals surface area contributed by atoms with Crippen molar-refractivity contribution in [2.24, 2.45) is 0 Å². The van der Waals surface area contributed by atoms with Crippen molar-refractivity contribution in [2.75, 3.05) is 12.3 Å². The number of nitro benzene ring substituents is 1. The molecule has 1 atom stereocenters.